The van der Waals surface area contributed by atoms with Gasteiger partial charge in [-0.1, -0.05) is 91.0 Å². The van der Waals surface area contributed by atoms with E-state index in [4.69, 9.17) is 5.73 Å². The van der Waals surface area contributed by atoms with E-state index in [-0.39, 0.29) is 11.8 Å². The van der Waals surface area contributed by atoms with Gasteiger partial charge in [0.25, 0.3) is 0 Å². The van der Waals surface area contributed by atoms with Crippen LogP contribution < -0.4 is 5.73 Å². The molecule has 29 heavy (non-hydrogen) atoms. The van der Waals surface area contributed by atoms with Crippen molar-refractivity contribution in [1.82, 2.24) is 0 Å². The number of nitrogens with two attached hydrogens (primary N) is 1. The van der Waals surface area contributed by atoms with Crippen molar-refractivity contribution in [3.63, 3.8) is 0 Å². The van der Waals surface area contributed by atoms with Gasteiger partial charge < -0.3 is 10.2 Å². The van der Waals surface area contributed by atoms with Crippen LogP contribution in [-0.4, -0.2) is 30.5 Å². The van der Waals surface area contributed by atoms with E-state index in [1.165, 1.54) is 5.56 Å². The number of hydrogen-bond donors (Lipinski definition) is 1. The maximum absolute atomic E-state index is 13.2. The van der Waals surface area contributed by atoms with Crippen LogP contribution in [0.4, 0.5) is 0 Å². The third-order valence-electron chi connectivity index (χ3n) is 6.54. The molecular weight excluding hydrogens is 356 g/mol. The zero-order chi connectivity index (χ0) is 20.3. The summed E-state index contributed by atoms with van der Waals surface area (Å²) in [6, 6.07) is 30.8. The van der Waals surface area contributed by atoms with Crippen LogP contribution in [0.15, 0.2) is 91.0 Å². The van der Waals surface area contributed by atoms with Crippen molar-refractivity contribution in [2.45, 2.75) is 18.4 Å². The Hall–Kier alpha value is -2.91. The highest BCUT2D eigenvalue weighted by Gasteiger charge is 2.53. The van der Waals surface area contributed by atoms with Gasteiger partial charge in [0.1, 0.15) is 12.0 Å². The number of amides is 1. The topological polar surface area (TPSA) is 43.1 Å². The Balaban J connectivity index is 1.76. The minimum atomic E-state index is -0.810. The second kappa shape index (κ2) is 7.84. The molecule has 2 unspecified atom stereocenters. The Morgan fingerprint density at radius 2 is 1.38 bits per heavy atom. The van der Waals surface area contributed by atoms with Crippen LogP contribution in [0.3, 0.4) is 0 Å². The van der Waals surface area contributed by atoms with Gasteiger partial charge in [0.15, 0.2) is 0 Å². The lowest BCUT2D eigenvalue weighted by Crippen LogP contribution is -2.51. The van der Waals surface area contributed by atoms with E-state index in [0.29, 0.717) is 0 Å². The van der Waals surface area contributed by atoms with Crippen LogP contribution in [0.5, 0.6) is 0 Å². The summed E-state index contributed by atoms with van der Waals surface area (Å²) in [5, 5.41) is 0. The van der Waals surface area contributed by atoms with Crippen LogP contribution in [0, 0.1) is 5.92 Å². The molecule has 3 nitrogen and oxygen atoms in total. The highest BCUT2D eigenvalue weighted by atomic mass is 16.1. The molecule has 0 saturated carbocycles. The molecule has 148 valence electrons. The summed E-state index contributed by atoms with van der Waals surface area (Å²) < 4.78 is 0.920. The first-order valence-corrected chi connectivity index (χ1v) is 10.3. The molecule has 1 aliphatic heterocycles. The van der Waals surface area contributed by atoms with Crippen molar-refractivity contribution < 1.29 is 9.28 Å². The number of benzene rings is 3. The van der Waals surface area contributed by atoms with Crippen LogP contribution in [-0.2, 0) is 16.8 Å². The van der Waals surface area contributed by atoms with Gasteiger partial charge in [-0.15, -0.1) is 0 Å². The normalized spacial score (nSPS) is 21.8. The Labute approximate surface area is 173 Å². The maximum atomic E-state index is 13.2. The molecule has 3 heteroatoms. The first-order chi connectivity index (χ1) is 14.0. The Kier molecular flexibility index (Phi) is 5.25. The number of hydrogen-bond acceptors (Lipinski definition) is 1. The van der Waals surface area contributed by atoms with Gasteiger partial charge in [-0.3, -0.25) is 4.79 Å². The second-order valence-corrected chi connectivity index (χ2v) is 8.56. The summed E-state index contributed by atoms with van der Waals surface area (Å²) in [4.78, 5) is 13.2. The van der Waals surface area contributed by atoms with Crippen LogP contribution in [0.2, 0.25) is 0 Å². The Bertz CT molecular complexity index is 916. The molecule has 1 amide bonds. The standard InChI is InChI=1S/C26H28N2O/c1-28(19-21-11-5-2-6-12-21)18-17-24(20-28)26(25(27)29,22-13-7-3-8-14-22)23-15-9-4-10-16-23/h2-16,24H,17-20H2,1H3,(H-,27,29)/p+1. The summed E-state index contributed by atoms with van der Waals surface area (Å²) in [6.45, 7) is 2.92. The molecule has 3 aromatic carbocycles. The molecule has 3 aromatic rings. The van der Waals surface area contributed by atoms with E-state index in [0.717, 1.165) is 41.7 Å². The average molecular weight is 386 g/mol. The third kappa shape index (κ3) is 3.58. The smallest absolute Gasteiger partial charge is 0.233 e. The van der Waals surface area contributed by atoms with Gasteiger partial charge in [0, 0.05) is 17.9 Å². The molecule has 0 spiro atoms. The molecule has 1 fully saturated rings. The first kappa shape index (κ1) is 19.4. The fraction of sp³-hybridized carbons (Fsp3) is 0.269. The molecular formula is C26H29N2O+. The third-order valence-corrected chi connectivity index (χ3v) is 6.54. The molecule has 1 saturated heterocycles. The predicted octanol–water partition coefficient (Wildman–Crippen LogP) is 4.12. The Morgan fingerprint density at radius 1 is 0.897 bits per heavy atom. The lowest BCUT2D eigenvalue weighted by Gasteiger charge is -2.38. The molecule has 2 atom stereocenters. The lowest BCUT2D eigenvalue weighted by molar-refractivity contribution is -0.912. The highest BCUT2D eigenvalue weighted by Crippen LogP contribution is 2.45. The zero-order valence-corrected chi connectivity index (χ0v) is 17.0. The quantitative estimate of drug-likeness (QED) is 0.637. The van der Waals surface area contributed by atoms with Gasteiger partial charge in [0.2, 0.25) is 5.91 Å². The SMILES string of the molecule is C[N+]1(Cc2ccccc2)CCC(C(C(N)=O)(c2ccccc2)c2ccccc2)C1. The molecule has 2 N–H and O–H groups in total. The van der Waals surface area contributed by atoms with Crippen molar-refractivity contribution in [1.29, 1.82) is 0 Å². The van der Waals surface area contributed by atoms with Crippen molar-refractivity contribution in [2.75, 3.05) is 20.1 Å². The number of quaternary nitrogens is 1. The molecule has 0 aromatic heterocycles. The van der Waals surface area contributed by atoms with Crippen molar-refractivity contribution in [3.8, 4) is 0 Å². The number of rotatable bonds is 6. The van der Waals surface area contributed by atoms with E-state index in [1.807, 2.05) is 36.4 Å². The fourth-order valence-electron chi connectivity index (χ4n) is 5.23. The largest absolute Gasteiger partial charge is 0.369 e. The number of primary amides is 1. The summed E-state index contributed by atoms with van der Waals surface area (Å²) >= 11 is 0. The monoisotopic (exact) mass is 385 g/mol. The predicted molar refractivity (Wildman–Crippen MR) is 117 cm³/mol. The second-order valence-electron chi connectivity index (χ2n) is 8.56. The molecule has 0 aliphatic carbocycles. The number of nitrogens with zero attached hydrogens (tertiary/aromatic N) is 1. The minimum absolute atomic E-state index is 0.151. The van der Waals surface area contributed by atoms with Crippen LogP contribution >= 0.6 is 0 Å². The van der Waals surface area contributed by atoms with Gasteiger partial charge in [-0.25, -0.2) is 0 Å². The van der Waals surface area contributed by atoms with E-state index in [2.05, 4.69) is 61.6 Å². The van der Waals surface area contributed by atoms with Gasteiger partial charge in [0.05, 0.1) is 20.1 Å². The maximum Gasteiger partial charge on any atom is 0.233 e. The summed E-state index contributed by atoms with van der Waals surface area (Å²) in [5.41, 5.74) is 8.73. The van der Waals surface area contributed by atoms with Crippen molar-refractivity contribution >= 4 is 5.91 Å². The summed E-state index contributed by atoms with van der Waals surface area (Å²) in [6.07, 6.45) is 0.968. The van der Waals surface area contributed by atoms with Crippen LogP contribution in [0.1, 0.15) is 23.1 Å². The number of carbonyl (C=O) groups is 1. The van der Waals surface area contributed by atoms with Gasteiger partial charge in [-0.05, 0) is 11.1 Å². The summed E-state index contributed by atoms with van der Waals surface area (Å²) in [7, 11) is 2.30. The Morgan fingerprint density at radius 3 is 1.86 bits per heavy atom. The number of likely N-dealkylation sites (tertiary alicyclic amines) is 1. The molecule has 4 rings (SSSR count). The van der Waals surface area contributed by atoms with Gasteiger partial charge in [-0.2, -0.15) is 0 Å². The molecule has 1 aliphatic rings. The van der Waals surface area contributed by atoms with E-state index >= 15 is 0 Å². The number of carbonyl (C=O) groups excluding carboxylic acids is 1. The molecule has 0 bridgehead atoms. The van der Waals surface area contributed by atoms with Crippen LogP contribution in [0.25, 0.3) is 0 Å². The zero-order valence-electron chi connectivity index (χ0n) is 17.0. The molecule has 1 heterocycles. The average Bonchev–Trinajstić information content (AvgIpc) is 3.12. The molecule has 0 radical (unpaired) electrons. The van der Waals surface area contributed by atoms with Crippen molar-refractivity contribution in [2.24, 2.45) is 11.7 Å². The van der Waals surface area contributed by atoms with E-state index in [1.54, 1.807) is 0 Å². The summed E-state index contributed by atoms with van der Waals surface area (Å²) in [5.74, 6) is -0.105. The van der Waals surface area contributed by atoms with Crippen molar-refractivity contribution in [3.05, 3.63) is 108 Å². The highest BCUT2D eigenvalue weighted by molar-refractivity contribution is 5.91. The lowest BCUT2D eigenvalue weighted by atomic mass is 9.64. The van der Waals surface area contributed by atoms with E-state index in [9.17, 15) is 4.79 Å². The fourth-order valence-corrected chi connectivity index (χ4v) is 5.23. The van der Waals surface area contributed by atoms with E-state index < -0.39 is 5.41 Å². The van der Waals surface area contributed by atoms with Gasteiger partial charge >= 0.3 is 0 Å². The first-order valence-electron chi connectivity index (χ1n) is 10.3. The minimum Gasteiger partial charge on any atom is -0.369 e.